The molecule has 3 N–H and O–H groups in total. The Morgan fingerprint density at radius 2 is 1.90 bits per heavy atom. The minimum Gasteiger partial charge on any atom is -0.359 e. The third-order valence-corrected chi connectivity index (χ3v) is 3.07. The van der Waals surface area contributed by atoms with E-state index in [0.717, 1.165) is 5.56 Å². The van der Waals surface area contributed by atoms with Crippen LogP contribution < -0.4 is 11.1 Å². The van der Waals surface area contributed by atoms with Crippen LogP contribution in [0.25, 0.3) is 0 Å². The fourth-order valence-corrected chi connectivity index (χ4v) is 1.84. The van der Waals surface area contributed by atoms with E-state index in [1.165, 1.54) is 0 Å². The fourth-order valence-electron chi connectivity index (χ4n) is 1.84. The molecule has 0 aromatic heterocycles. The van der Waals surface area contributed by atoms with Crippen LogP contribution in [-0.4, -0.2) is 43.9 Å². The first-order valence-electron chi connectivity index (χ1n) is 6.30. The average Bonchev–Trinajstić information content (AvgIpc) is 2.46. The van der Waals surface area contributed by atoms with E-state index >= 15 is 0 Å². The van der Waals surface area contributed by atoms with E-state index in [2.05, 4.69) is 5.32 Å². The number of nitrogens with one attached hydrogen (secondary N) is 1. The van der Waals surface area contributed by atoms with E-state index in [-0.39, 0.29) is 36.7 Å². The molecule has 0 fully saturated rings. The number of likely N-dealkylation sites (N-methyl/N-ethyl adjacent to an activating group) is 1. The van der Waals surface area contributed by atoms with Gasteiger partial charge in [-0.2, -0.15) is 0 Å². The van der Waals surface area contributed by atoms with Gasteiger partial charge < -0.3 is 16.0 Å². The van der Waals surface area contributed by atoms with Crippen molar-refractivity contribution in [3.8, 4) is 0 Å². The summed E-state index contributed by atoms with van der Waals surface area (Å²) in [6, 6.07) is 9.45. The molecule has 0 saturated heterocycles. The van der Waals surface area contributed by atoms with Crippen LogP contribution in [0, 0.1) is 0 Å². The summed E-state index contributed by atoms with van der Waals surface area (Å²) in [4.78, 5) is 25.0. The first-order valence-corrected chi connectivity index (χ1v) is 6.30. The molecule has 0 saturated carbocycles. The van der Waals surface area contributed by atoms with Crippen molar-refractivity contribution in [2.75, 3.05) is 27.2 Å². The predicted octanol–water partition coefficient (Wildman–Crippen LogP) is 0.745. The first kappa shape index (κ1) is 18.4. The van der Waals surface area contributed by atoms with Crippen LogP contribution >= 0.6 is 12.4 Å². The summed E-state index contributed by atoms with van der Waals surface area (Å²) in [5, 5.41) is 2.53. The number of hydrogen-bond acceptors (Lipinski definition) is 3. The van der Waals surface area contributed by atoms with E-state index in [1.54, 1.807) is 19.0 Å². The van der Waals surface area contributed by atoms with E-state index in [1.807, 2.05) is 30.3 Å². The first-order chi connectivity index (χ1) is 9.10. The van der Waals surface area contributed by atoms with Crippen LogP contribution in [0.1, 0.15) is 17.9 Å². The molecular weight excluding hydrogens is 278 g/mol. The highest BCUT2D eigenvalue weighted by atomic mass is 35.5. The molecule has 6 heteroatoms. The van der Waals surface area contributed by atoms with Crippen molar-refractivity contribution >= 4 is 24.2 Å². The third-order valence-electron chi connectivity index (χ3n) is 3.07. The highest BCUT2D eigenvalue weighted by molar-refractivity contribution is 5.85. The summed E-state index contributed by atoms with van der Waals surface area (Å²) >= 11 is 0. The zero-order chi connectivity index (χ0) is 14.3. The summed E-state index contributed by atoms with van der Waals surface area (Å²) in [7, 11) is 3.27. The van der Waals surface area contributed by atoms with Crippen molar-refractivity contribution in [3.63, 3.8) is 0 Å². The average molecular weight is 300 g/mol. The lowest BCUT2D eigenvalue weighted by Gasteiger charge is -2.23. The number of nitrogens with zero attached hydrogens (tertiary/aromatic N) is 1. The van der Waals surface area contributed by atoms with Gasteiger partial charge in [-0.1, -0.05) is 30.3 Å². The molecule has 112 valence electrons. The smallest absolute Gasteiger partial charge is 0.231 e. The standard InChI is InChI=1S/C14H21N3O2.ClH/c1-16-13(18)8-9-17(2)14(19)12(10-15)11-6-4-3-5-7-11;/h3-7,12H,8-10,15H2,1-2H3,(H,16,18);1H. The molecule has 1 atom stereocenters. The van der Waals surface area contributed by atoms with Gasteiger partial charge in [0.25, 0.3) is 0 Å². The quantitative estimate of drug-likeness (QED) is 0.814. The molecule has 0 bridgehead atoms. The topological polar surface area (TPSA) is 75.4 Å². The van der Waals surface area contributed by atoms with Gasteiger partial charge in [0, 0.05) is 33.6 Å². The third kappa shape index (κ3) is 5.19. The Labute approximate surface area is 125 Å². The number of benzene rings is 1. The summed E-state index contributed by atoms with van der Waals surface area (Å²) in [6.45, 7) is 0.648. The Hall–Kier alpha value is -1.59. The Morgan fingerprint density at radius 3 is 2.40 bits per heavy atom. The number of rotatable bonds is 6. The van der Waals surface area contributed by atoms with E-state index in [4.69, 9.17) is 5.73 Å². The van der Waals surface area contributed by atoms with Crippen molar-refractivity contribution in [2.24, 2.45) is 5.73 Å². The molecule has 5 nitrogen and oxygen atoms in total. The van der Waals surface area contributed by atoms with Crippen LogP contribution in [0.4, 0.5) is 0 Å². The minimum atomic E-state index is -0.351. The largest absolute Gasteiger partial charge is 0.359 e. The summed E-state index contributed by atoms with van der Waals surface area (Å²) in [5.41, 5.74) is 6.60. The van der Waals surface area contributed by atoms with Crippen LogP contribution in [0.15, 0.2) is 30.3 Å². The number of nitrogens with two attached hydrogens (primary N) is 1. The van der Waals surface area contributed by atoms with Crippen LogP contribution in [-0.2, 0) is 9.59 Å². The zero-order valence-corrected chi connectivity index (χ0v) is 12.7. The van der Waals surface area contributed by atoms with Crippen molar-refractivity contribution < 1.29 is 9.59 Å². The molecular formula is C14H22ClN3O2. The maximum absolute atomic E-state index is 12.3. The van der Waals surface area contributed by atoms with Gasteiger partial charge in [0.2, 0.25) is 11.8 Å². The van der Waals surface area contributed by atoms with E-state index in [9.17, 15) is 9.59 Å². The highest BCUT2D eigenvalue weighted by Crippen LogP contribution is 2.16. The lowest BCUT2D eigenvalue weighted by atomic mass is 9.98. The molecule has 1 unspecified atom stereocenters. The normalized spacial score (nSPS) is 11.2. The molecule has 1 aromatic rings. The summed E-state index contributed by atoms with van der Waals surface area (Å²) < 4.78 is 0. The van der Waals surface area contributed by atoms with Crippen molar-refractivity contribution in [1.82, 2.24) is 10.2 Å². The lowest BCUT2D eigenvalue weighted by Crippen LogP contribution is -2.37. The number of hydrogen-bond donors (Lipinski definition) is 2. The Kier molecular flexibility index (Phi) is 8.59. The van der Waals surface area contributed by atoms with Crippen molar-refractivity contribution in [3.05, 3.63) is 35.9 Å². The van der Waals surface area contributed by atoms with Gasteiger partial charge in [0.15, 0.2) is 0 Å². The van der Waals surface area contributed by atoms with Crippen molar-refractivity contribution in [2.45, 2.75) is 12.3 Å². The second kappa shape index (κ2) is 9.34. The van der Waals surface area contributed by atoms with Crippen molar-refractivity contribution in [1.29, 1.82) is 0 Å². The van der Waals surface area contributed by atoms with Gasteiger partial charge >= 0.3 is 0 Å². The van der Waals surface area contributed by atoms with Gasteiger partial charge in [-0.05, 0) is 5.56 Å². The summed E-state index contributed by atoms with van der Waals surface area (Å²) in [5.74, 6) is -0.489. The van der Waals surface area contributed by atoms with E-state index < -0.39 is 0 Å². The molecule has 0 radical (unpaired) electrons. The molecule has 0 heterocycles. The number of carbonyl (C=O) groups excluding carboxylic acids is 2. The monoisotopic (exact) mass is 299 g/mol. The molecule has 0 aliphatic rings. The maximum atomic E-state index is 12.3. The number of carbonyl (C=O) groups is 2. The fraction of sp³-hybridized carbons (Fsp3) is 0.429. The highest BCUT2D eigenvalue weighted by Gasteiger charge is 2.22. The second-order valence-corrected chi connectivity index (χ2v) is 4.38. The van der Waals surface area contributed by atoms with Gasteiger partial charge in [0.1, 0.15) is 0 Å². The van der Waals surface area contributed by atoms with Gasteiger partial charge in [-0.25, -0.2) is 0 Å². The molecule has 20 heavy (non-hydrogen) atoms. The zero-order valence-electron chi connectivity index (χ0n) is 11.8. The number of halogens is 1. The molecule has 2 amide bonds. The number of amides is 2. The Morgan fingerprint density at radius 1 is 1.30 bits per heavy atom. The Bertz CT molecular complexity index is 426. The van der Waals surface area contributed by atoms with Gasteiger partial charge in [-0.15, -0.1) is 12.4 Å². The minimum absolute atomic E-state index is 0. The molecule has 0 spiro atoms. The summed E-state index contributed by atoms with van der Waals surface area (Å²) in [6.07, 6.45) is 0.296. The molecule has 0 aliphatic carbocycles. The second-order valence-electron chi connectivity index (χ2n) is 4.38. The van der Waals surface area contributed by atoms with Gasteiger partial charge in [-0.3, -0.25) is 9.59 Å². The van der Waals surface area contributed by atoms with Crippen LogP contribution in [0.2, 0.25) is 0 Å². The molecule has 0 aliphatic heterocycles. The maximum Gasteiger partial charge on any atom is 0.231 e. The molecule has 1 rings (SSSR count). The lowest BCUT2D eigenvalue weighted by molar-refractivity contribution is -0.131. The Balaban J connectivity index is 0.00000361. The predicted molar refractivity (Wildman–Crippen MR) is 81.8 cm³/mol. The van der Waals surface area contributed by atoms with Crippen LogP contribution in [0.5, 0.6) is 0 Å². The molecule has 1 aromatic carbocycles. The SMILES string of the molecule is CNC(=O)CCN(C)C(=O)C(CN)c1ccccc1.Cl. The van der Waals surface area contributed by atoms with E-state index in [0.29, 0.717) is 13.0 Å². The van der Waals surface area contributed by atoms with Gasteiger partial charge in [0.05, 0.1) is 5.92 Å². The van der Waals surface area contributed by atoms with Crippen LogP contribution in [0.3, 0.4) is 0 Å².